The molecule has 0 unspecified atom stereocenters. The number of halogens is 3. The monoisotopic (exact) mass is 359 g/mol. The van der Waals surface area contributed by atoms with Gasteiger partial charge in [0.15, 0.2) is 0 Å². The average Bonchev–Trinajstić information content (AvgIpc) is 2.63. The molecule has 0 spiro atoms. The summed E-state index contributed by atoms with van der Waals surface area (Å²) < 4.78 is 25.9. The van der Waals surface area contributed by atoms with Crippen molar-refractivity contribution in [3.8, 4) is 0 Å². The van der Waals surface area contributed by atoms with Crippen molar-refractivity contribution in [3.63, 3.8) is 0 Å². The highest BCUT2D eigenvalue weighted by Crippen LogP contribution is 2.39. The van der Waals surface area contributed by atoms with Crippen molar-refractivity contribution in [2.24, 2.45) is 0 Å². The number of benzene rings is 1. The molecule has 0 atom stereocenters. The van der Waals surface area contributed by atoms with Crippen molar-refractivity contribution in [2.75, 3.05) is 13.6 Å². The zero-order chi connectivity index (χ0) is 17.4. The Labute approximate surface area is 147 Å². The Morgan fingerprint density at radius 3 is 2.30 bits per heavy atom. The Kier molecular flexibility index (Phi) is 5.49. The summed E-state index contributed by atoms with van der Waals surface area (Å²) in [6.45, 7) is 8.44. The summed E-state index contributed by atoms with van der Waals surface area (Å²) in [7, 11) is 1.28. The van der Waals surface area contributed by atoms with Crippen molar-refractivity contribution < 1.29 is 13.7 Å². The predicted molar refractivity (Wildman–Crippen MR) is 94.4 cm³/mol. The molecular formula is C16H21BCl2FNO2. The highest BCUT2D eigenvalue weighted by Gasteiger charge is 2.52. The number of hydrogen-bond donors (Lipinski definition) is 1. The van der Waals surface area contributed by atoms with Gasteiger partial charge in [-0.05, 0) is 57.9 Å². The van der Waals surface area contributed by atoms with Gasteiger partial charge >= 0.3 is 7.12 Å². The third kappa shape index (κ3) is 3.91. The van der Waals surface area contributed by atoms with E-state index in [1.165, 1.54) is 6.07 Å². The first-order chi connectivity index (χ1) is 10.6. The normalized spacial score (nSPS) is 20.2. The smallest absolute Gasteiger partial charge is 0.400 e. The molecule has 126 valence electrons. The first-order valence-corrected chi connectivity index (χ1v) is 8.18. The number of likely N-dealkylation sites (N-methyl/N-ethyl adjacent to an activating group) is 1. The molecule has 1 saturated heterocycles. The van der Waals surface area contributed by atoms with Gasteiger partial charge in [0.25, 0.3) is 0 Å². The van der Waals surface area contributed by atoms with Crippen LogP contribution >= 0.6 is 23.2 Å². The average molecular weight is 360 g/mol. The summed E-state index contributed by atoms with van der Waals surface area (Å²) in [5.41, 5.74) is 0.410. The van der Waals surface area contributed by atoms with Gasteiger partial charge in [-0.3, -0.25) is 0 Å². The molecule has 1 aliphatic heterocycles. The van der Waals surface area contributed by atoms with Gasteiger partial charge in [-0.15, -0.1) is 0 Å². The van der Waals surface area contributed by atoms with Gasteiger partial charge in [-0.2, -0.15) is 0 Å². The third-order valence-electron chi connectivity index (χ3n) is 4.30. The highest BCUT2D eigenvalue weighted by molar-refractivity contribution is 6.56. The van der Waals surface area contributed by atoms with E-state index in [1.807, 2.05) is 34.7 Å². The minimum Gasteiger partial charge on any atom is -0.400 e. The van der Waals surface area contributed by atoms with E-state index < -0.39 is 24.1 Å². The predicted octanol–water partition coefficient (Wildman–Crippen LogP) is 4.37. The van der Waals surface area contributed by atoms with Crippen LogP contribution in [0.2, 0.25) is 10.0 Å². The van der Waals surface area contributed by atoms with Crippen LogP contribution in [-0.4, -0.2) is 31.9 Å². The largest absolute Gasteiger partial charge is 0.491 e. The van der Waals surface area contributed by atoms with E-state index in [2.05, 4.69) is 5.32 Å². The summed E-state index contributed by atoms with van der Waals surface area (Å²) in [4.78, 5) is 0. The summed E-state index contributed by atoms with van der Waals surface area (Å²) in [6, 6.07) is 2.81. The molecule has 1 aliphatic rings. The Morgan fingerprint density at radius 2 is 1.78 bits per heavy atom. The molecule has 3 nitrogen and oxygen atoms in total. The molecule has 0 aliphatic carbocycles. The molecule has 1 fully saturated rings. The molecule has 1 N–H and O–H groups in total. The van der Waals surface area contributed by atoms with Crippen molar-refractivity contribution in [2.45, 2.75) is 38.9 Å². The van der Waals surface area contributed by atoms with Gasteiger partial charge in [-0.25, -0.2) is 4.39 Å². The Balaban J connectivity index is 2.40. The lowest BCUT2D eigenvalue weighted by Crippen LogP contribution is -2.41. The fraction of sp³-hybridized carbons (Fsp3) is 0.500. The van der Waals surface area contributed by atoms with Crippen LogP contribution in [0.3, 0.4) is 0 Å². The lowest BCUT2D eigenvalue weighted by atomic mass is 9.77. The summed E-state index contributed by atoms with van der Waals surface area (Å²) in [5.74, 6) is -0.553. The quantitative estimate of drug-likeness (QED) is 0.639. The third-order valence-corrected chi connectivity index (χ3v) is 4.92. The maximum Gasteiger partial charge on any atom is 0.491 e. The fourth-order valence-electron chi connectivity index (χ4n) is 2.28. The van der Waals surface area contributed by atoms with Crippen molar-refractivity contribution in [1.82, 2.24) is 5.32 Å². The van der Waals surface area contributed by atoms with Gasteiger partial charge in [0.05, 0.1) is 16.2 Å². The molecule has 0 bridgehead atoms. The second-order valence-electron chi connectivity index (χ2n) is 6.63. The molecule has 1 heterocycles. The van der Waals surface area contributed by atoms with Gasteiger partial charge in [0, 0.05) is 11.6 Å². The van der Waals surface area contributed by atoms with Crippen LogP contribution < -0.4 is 5.32 Å². The zero-order valence-corrected chi connectivity index (χ0v) is 15.5. The van der Waals surface area contributed by atoms with Crippen LogP contribution in [0.1, 0.15) is 33.3 Å². The molecule has 23 heavy (non-hydrogen) atoms. The molecule has 7 heteroatoms. The Hall–Kier alpha value is -0.585. The minimum atomic E-state index is -0.553. The fourth-order valence-corrected chi connectivity index (χ4v) is 2.66. The van der Waals surface area contributed by atoms with Crippen LogP contribution in [0.5, 0.6) is 0 Å². The lowest BCUT2D eigenvalue weighted by Gasteiger charge is -2.32. The minimum absolute atomic E-state index is 0.0273. The van der Waals surface area contributed by atoms with E-state index in [0.717, 1.165) is 5.47 Å². The van der Waals surface area contributed by atoms with Crippen LogP contribution in [0.25, 0.3) is 6.08 Å². The molecule has 0 aromatic heterocycles. The van der Waals surface area contributed by atoms with E-state index in [9.17, 15) is 4.39 Å². The van der Waals surface area contributed by atoms with Gasteiger partial charge in [0.1, 0.15) is 5.82 Å². The molecule has 2 rings (SSSR count). The van der Waals surface area contributed by atoms with E-state index >= 15 is 0 Å². The van der Waals surface area contributed by atoms with Crippen LogP contribution in [-0.2, 0) is 9.31 Å². The van der Waals surface area contributed by atoms with E-state index in [4.69, 9.17) is 32.5 Å². The SMILES string of the molecule is CNCC(=Cc1cc(Cl)cc(F)c1Cl)B1OC(C)(C)C(C)(C)O1. The lowest BCUT2D eigenvalue weighted by molar-refractivity contribution is 0.00578. The van der Waals surface area contributed by atoms with Crippen molar-refractivity contribution in [3.05, 3.63) is 39.0 Å². The first kappa shape index (κ1) is 18.7. The number of nitrogens with one attached hydrogen (secondary N) is 1. The topological polar surface area (TPSA) is 30.5 Å². The number of hydrogen-bond acceptors (Lipinski definition) is 3. The molecule has 0 radical (unpaired) electrons. The summed E-state index contributed by atoms with van der Waals surface area (Å²) >= 11 is 12.0. The number of rotatable bonds is 4. The van der Waals surface area contributed by atoms with Crippen LogP contribution in [0.4, 0.5) is 4.39 Å². The molecule has 1 aromatic rings. The highest BCUT2D eigenvalue weighted by atomic mass is 35.5. The Morgan fingerprint density at radius 1 is 1.22 bits per heavy atom. The molecular weight excluding hydrogens is 339 g/mol. The summed E-state index contributed by atoms with van der Waals surface area (Å²) in [5, 5.41) is 3.39. The molecule has 0 amide bonds. The standard InChI is InChI=1S/C16H21BCl2FNO2/c1-15(2)16(3,4)23-17(22-15)11(9-21-5)6-10-7-12(18)8-13(20)14(10)19/h6-8,21H,9H2,1-5H3. The van der Waals surface area contributed by atoms with E-state index in [0.29, 0.717) is 12.1 Å². The maximum atomic E-state index is 13.8. The second kappa shape index (κ2) is 6.73. The van der Waals surface area contributed by atoms with Gasteiger partial charge < -0.3 is 14.6 Å². The summed E-state index contributed by atoms with van der Waals surface area (Å²) in [6.07, 6.45) is 1.76. The van der Waals surface area contributed by atoms with E-state index in [-0.39, 0.29) is 10.0 Å². The van der Waals surface area contributed by atoms with Crippen LogP contribution in [0.15, 0.2) is 17.6 Å². The van der Waals surface area contributed by atoms with Crippen molar-refractivity contribution >= 4 is 36.4 Å². The molecule has 0 saturated carbocycles. The molecule has 1 aromatic carbocycles. The van der Waals surface area contributed by atoms with Gasteiger partial charge in [0.2, 0.25) is 0 Å². The first-order valence-electron chi connectivity index (χ1n) is 7.42. The Bertz CT molecular complexity index is 619. The van der Waals surface area contributed by atoms with Crippen LogP contribution in [0, 0.1) is 5.82 Å². The van der Waals surface area contributed by atoms with Crippen molar-refractivity contribution in [1.29, 1.82) is 0 Å². The van der Waals surface area contributed by atoms with E-state index in [1.54, 1.807) is 12.1 Å². The van der Waals surface area contributed by atoms with Gasteiger partial charge in [-0.1, -0.05) is 29.3 Å². The zero-order valence-electron chi connectivity index (χ0n) is 14.0. The second-order valence-corrected chi connectivity index (χ2v) is 7.44. The maximum absolute atomic E-state index is 13.8.